The molecule has 0 aliphatic rings. The maximum Gasteiger partial charge on any atom is 0.253 e. The lowest BCUT2D eigenvalue weighted by atomic mass is 10.1. The van der Waals surface area contributed by atoms with Gasteiger partial charge in [0.1, 0.15) is 0 Å². The highest BCUT2D eigenvalue weighted by Gasteiger charge is 1.97. The summed E-state index contributed by atoms with van der Waals surface area (Å²) < 4.78 is 4.96. The standard InChI is InChI=1S/C9H19NOS.C6H14O/c1-8(2)6-4-3-5-7-11-9(10)12;1-5(2)4-6(3)7/h8H,3-7H2,1-2H3,(H2,10,12);5-7H,4H2,1-3H3. The number of rotatable bonds is 8. The van der Waals surface area contributed by atoms with E-state index in [2.05, 4.69) is 39.9 Å². The predicted molar refractivity (Wildman–Crippen MR) is 87.2 cm³/mol. The Morgan fingerprint density at radius 1 is 1.05 bits per heavy atom. The van der Waals surface area contributed by atoms with Crippen molar-refractivity contribution in [3.05, 3.63) is 0 Å². The first-order valence-electron chi connectivity index (χ1n) is 7.36. The van der Waals surface area contributed by atoms with E-state index in [1.165, 1.54) is 19.3 Å². The van der Waals surface area contributed by atoms with Crippen LogP contribution in [0.3, 0.4) is 0 Å². The molecule has 4 heteroatoms. The third-order valence-electron chi connectivity index (χ3n) is 2.48. The second-order valence-corrected chi connectivity index (χ2v) is 6.29. The van der Waals surface area contributed by atoms with Gasteiger partial charge < -0.3 is 15.6 Å². The number of hydrogen-bond acceptors (Lipinski definition) is 3. The van der Waals surface area contributed by atoms with E-state index in [1.807, 2.05) is 6.92 Å². The molecule has 1 atom stereocenters. The third kappa shape index (κ3) is 27.0. The molecule has 0 fully saturated rings. The van der Waals surface area contributed by atoms with Crippen LogP contribution in [0.15, 0.2) is 0 Å². The van der Waals surface area contributed by atoms with Gasteiger partial charge in [-0.25, -0.2) is 0 Å². The molecule has 0 aliphatic heterocycles. The summed E-state index contributed by atoms with van der Waals surface area (Å²) in [5, 5.41) is 8.89. The van der Waals surface area contributed by atoms with Crippen LogP contribution >= 0.6 is 12.2 Å². The number of ether oxygens (including phenoxy) is 1. The first-order valence-corrected chi connectivity index (χ1v) is 7.76. The van der Waals surface area contributed by atoms with Crippen molar-refractivity contribution in [2.45, 2.75) is 72.8 Å². The van der Waals surface area contributed by atoms with Gasteiger partial charge in [-0.15, -0.1) is 0 Å². The van der Waals surface area contributed by atoms with Gasteiger partial charge >= 0.3 is 0 Å². The van der Waals surface area contributed by atoms with Crippen molar-refractivity contribution >= 4 is 17.4 Å². The van der Waals surface area contributed by atoms with E-state index < -0.39 is 0 Å². The van der Waals surface area contributed by atoms with Crippen LogP contribution in [0.5, 0.6) is 0 Å². The fraction of sp³-hybridized carbons (Fsp3) is 0.933. The average molecular weight is 292 g/mol. The van der Waals surface area contributed by atoms with Gasteiger partial charge in [0.15, 0.2) is 0 Å². The molecule has 0 radical (unpaired) electrons. The van der Waals surface area contributed by atoms with Crippen LogP contribution in [0.4, 0.5) is 0 Å². The Balaban J connectivity index is 0. The molecule has 0 aromatic rings. The fourth-order valence-corrected chi connectivity index (χ4v) is 1.77. The summed E-state index contributed by atoms with van der Waals surface area (Å²) in [6, 6.07) is 0. The molecule has 0 bridgehead atoms. The van der Waals surface area contributed by atoms with Crippen LogP contribution in [-0.2, 0) is 4.74 Å². The van der Waals surface area contributed by atoms with E-state index >= 15 is 0 Å². The summed E-state index contributed by atoms with van der Waals surface area (Å²) in [7, 11) is 0. The topological polar surface area (TPSA) is 55.5 Å². The lowest BCUT2D eigenvalue weighted by Crippen LogP contribution is -2.13. The summed E-state index contributed by atoms with van der Waals surface area (Å²) in [4.78, 5) is 0. The Labute approximate surface area is 124 Å². The van der Waals surface area contributed by atoms with E-state index in [0.29, 0.717) is 12.5 Å². The van der Waals surface area contributed by atoms with Crippen molar-refractivity contribution in [3.63, 3.8) is 0 Å². The highest BCUT2D eigenvalue weighted by Crippen LogP contribution is 2.07. The summed E-state index contributed by atoms with van der Waals surface area (Å²) in [5.74, 6) is 1.43. The smallest absolute Gasteiger partial charge is 0.253 e. The molecular weight excluding hydrogens is 258 g/mol. The lowest BCUT2D eigenvalue weighted by molar-refractivity contribution is 0.168. The largest absolute Gasteiger partial charge is 0.471 e. The number of unbranched alkanes of at least 4 members (excludes halogenated alkanes) is 2. The van der Waals surface area contributed by atoms with Crippen molar-refractivity contribution in [2.75, 3.05) is 6.61 Å². The van der Waals surface area contributed by atoms with Crippen LogP contribution in [0, 0.1) is 11.8 Å². The predicted octanol–water partition coefficient (Wildman–Crippen LogP) is 3.88. The van der Waals surface area contributed by atoms with Crippen LogP contribution in [0.1, 0.15) is 66.7 Å². The number of thiocarbonyl (C=S) groups is 1. The molecule has 0 amide bonds. The van der Waals surface area contributed by atoms with E-state index in [9.17, 15) is 0 Å². The van der Waals surface area contributed by atoms with Crippen molar-refractivity contribution in [1.29, 1.82) is 0 Å². The maximum atomic E-state index is 8.72. The molecule has 0 rings (SSSR count). The average Bonchev–Trinajstić information content (AvgIpc) is 2.21. The first-order chi connectivity index (χ1) is 8.75. The minimum Gasteiger partial charge on any atom is -0.471 e. The first kappa shape index (κ1) is 21.0. The highest BCUT2D eigenvalue weighted by atomic mass is 32.1. The molecule has 3 N–H and O–H groups in total. The van der Waals surface area contributed by atoms with Crippen LogP contribution < -0.4 is 5.73 Å². The van der Waals surface area contributed by atoms with Gasteiger partial charge in [-0.05, 0) is 43.8 Å². The van der Waals surface area contributed by atoms with Crippen LogP contribution in [0.2, 0.25) is 0 Å². The quantitative estimate of drug-likeness (QED) is 0.526. The van der Waals surface area contributed by atoms with E-state index in [0.717, 1.165) is 18.8 Å². The second-order valence-electron chi connectivity index (χ2n) is 5.89. The minimum absolute atomic E-state index is 0.125. The van der Waals surface area contributed by atoms with Gasteiger partial charge in [0.05, 0.1) is 12.7 Å². The molecule has 0 aliphatic carbocycles. The summed E-state index contributed by atoms with van der Waals surface area (Å²) in [5.41, 5.74) is 5.16. The van der Waals surface area contributed by atoms with Gasteiger partial charge in [-0.1, -0.05) is 47.0 Å². The third-order valence-corrected chi connectivity index (χ3v) is 2.60. The lowest BCUT2D eigenvalue weighted by Gasteiger charge is -2.04. The summed E-state index contributed by atoms with van der Waals surface area (Å²) in [6.07, 6.45) is 5.64. The van der Waals surface area contributed by atoms with Gasteiger partial charge in [0, 0.05) is 0 Å². The summed E-state index contributed by atoms with van der Waals surface area (Å²) >= 11 is 4.57. The zero-order valence-electron chi connectivity index (χ0n) is 13.3. The van der Waals surface area contributed by atoms with Crippen LogP contribution in [-0.4, -0.2) is 23.0 Å². The molecule has 0 aromatic heterocycles. The second kappa shape index (κ2) is 14.1. The van der Waals surface area contributed by atoms with Crippen molar-refractivity contribution in [1.82, 2.24) is 0 Å². The van der Waals surface area contributed by atoms with E-state index in [1.54, 1.807) is 0 Å². The zero-order chi connectivity index (χ0) is 15.3. The number of aliphatic hydroxyl groups excluding tert-OH is 1. The molecule has 0 aromatic carbocycles. The molecule has 3 nitrogen and oxygen atoms in total. The molecular formula is C15H33NO2S. The molecule has 1 unspecified atom stereocenters. The SMILES string of the molecule is CC(C)CC(C)O.CC(C)CCCCCOC(N)=S. The number of nitrogens with two attached hydrogens (primary N) is 1. The van der Waals surface area contributed by atoms with Gasteiger partial charge in [0.25, 0.3) is 5.17 Å². The molecule has 116 valence electrons. The van der Waals surface area contributed by atoms with E-state index in [-0.39, 0.29) is 11.3 Å². The van der Waals surface area contributed by atoms with Gasteiger partial charge in [0.2, 0.25) is 0 Å². The zero-order valence-corrected chi connectivity index (χ0v) is 14.1. The molecule has 0 saturated heterocycles. The van der Waals surface area contributed by atoms with E-state index in [4.69, 9.17) is 15.6 Å². The molecule has 19 heavy (non-hydrogen) atoms. The molecule has 0 spiro atoms. The number of aliphatic hydroxyl groups is 1. The minimum atomic E-state index is -0.125. The fourth-order valence-electron chi connectivity index (χ4n) is 1.69. The maximum absolute atomic E-state index is 8.72. The summed E-state index contributed by atoms with van der Waals surface area (Å²) in [6.45, 7) is 11.2. The Bertz CT molecular complexity index is 200. The van der Waals surface area contributed by atoms with Crippen molar-refractivity contribution in [2.24, 2.45) is 17.6 Å². The van der Waals surface area contributed by atoms with Gasteiger partial charge in [-0.3, -0.25) is 0 Å². The normalized spacial score (nSPS) is 12.0. The molecule has 0 saturated carbocycles. The monoisotopic (exact) mass is 291 g/mol. The Kier molecular flexibility index (Phi) is 15.5. The van der Waals surface area contributed by atoms with Gasteiger partial charge in [-0.2, -0.15) is 0 Å². The number of hydrogen-bond donors (Lipinski definition) is 2. The highest BCUT2D eigenvalue weighted by molar-refractivity contribution is 7.80. The Morgan fingerprint density at radius 3 is 1.95 bits per heavy atom. The molecule has 0 heterocycles. The van der Waals surface area contributed by atoms with Crippen LogP contribution in [0.25, 0.3) is 0 Å². The Morgan fingerprint density at radius 2 is 1.63 bits per heavy atom. The Hall–Kier alpha value is -0.350. The van der Waals surface area contributed by atoms with Crippen molar-refractivity contribution < 1.29 is 9.84 Å². The van der Waals surface area contributed by atoms with Crippen molar-refractivity contribution in [3.8, 4) is 0 Å².